The van der Waals surface area contributed by atoms with Gasteiger partial charge in [0.25, 0.3) is 0 Å². The van der Waals surface area contributed by atoms with Crippen molar-refractivity contribution in [2.75, 3.05) is 0 Å². The van der Waals surface area contributed by atoms with Crippen molar-refractivity contribution >= 4 is 52.2 Å². The fourth-order valence-electron chi connectivity index (χ4n) is 4.87. The predicted molar refractivity (Wildman–Crippen MR) is 171 cm³/mol. The van der Waals surface area contributed by atoms with Crippen LogP contribution in [0.2, 0.25) is 20.6 Å². The van der Waals surface area contributed by atoms with Crippen LogP contribution >= 0.6 is 46.4 Å². The summed E-state index contributed by atoms with van der Waals surface area (Å²) < 4.78 is 3.28. The molecule has 0 aliphatic carbocycles. The van der Waals surface area contributed by atoms with Gasteiger partial charge in [-0.3, -0.25) is 4.79 Å². The van der Waals surface area contributed by atoms with E-state index < -0.39 is 0 Å². The van der Waals surface area contributed by atoms with Crippen molar-refractivity contribution in [3.63, 3.8) is 0 Å². The van der Waals surface area contributed by atoms with Crippen molar-refractivity contribution in [3.8, 4) is 44.8 Å². The van der Waals surface area contributed by atoms with Crippen molar-refractivity contribution in [2.24, 2.45) is 0 Å². The Morgan fingerprint density at radius 2 is 0.881 bits per heavy atom. The van der Waals surface area contributed by atoms with Gasteiger partial charge in [0.2, 0.25) is 10.6 Å². The number of rotatable bonds is 8. The molecule has 2 heterocycles. The molecule has 0 atom stereocenters. The lowest BCUT2D eigenvalue weighted by Gasteiger charge is -2.08. The number of nitrogens with zero attached hydrogens (tertiary/aromatic N) is 4. The van der Waals surface area contributed by atoms with Gasteiger partial charge < -0.3 is 9.13 Å². The molecule has 0 aliphatic heterocycles. The number of hydrogen-bond acceptors (Lipinski definition) is 3. The summed E-state index contributed by atoms with van der Waals surface area (Å²) >= 11 is 25.1. The zero-order chi connectivity index (χ0) is 29.2. The normalized spacial score (nSPS) is 11.1. The first-order valence-corrected chi connectivity index (χ1v) is 14.5. The van der Waals surface area contributed by atoms with Gasteiger partial charge in [0.1, 0.15) is 0 Å². The minimum atomic E-state index is -0.108. The number of benzene rings is 4. The molecule has 0 amide bonds. The minimum absolute atomic E-state index is 0.0279. The van der Waals surface area contributed by atoms with E-state index in [2.05, 4.69) is 9.97 Å². The van der Waals surface area contributed by atoms with E-state index in [1.54, 1.807) is 21.5 Å². The van der Waals surface area contributed by atoms with Crippen molar-refractivity contribution in [1.82, 2.24) is 19.1 Å². The maximum atomic E-state index is 13.2. The summed E-state index contributed by atoms with van der Waals surface area (Å²) in [7, 11) is 0. The van der Waals surface area contributed by atoms with Gasteiger partial charge in [-0.25, -0.2) is 9.97 Å². The molecule has 0 saturated carbocycles. The lowest BCUT2D eigenvalue weighted by Crippen LogP contribution is -2.16. The lowest BCUT2D eigenvalue weighted by atomic mass is 9.98. The lowest BCUT2D eigenvalue weighted by molar-refractivity contribution is -0.120. The second-order valence-corrected chi connectivity index (χ2v) is 11.2. The largest absolute Gasteiger partial charge is 0.314 e. The van der Waals surface area contributed by atoms with E-state index in [4.69, 9.17) is 46.4 Å². The number of hydrogen-bond donors (Lipinski definition) is 0. The number of imidazole rings is 2. The van der Waals surface area contributed by atoms with Gasteiger partial charge in [0.05, 0.1) is 24.5 Å². The van der Waals surface area contributed by atoms with E-state index in [0.29, 0.717) is 21.4 Å². The Morgan fingerprint density at radius 3 is 1.26 bits per heavy atom. The zero-order valence-electron chi connectivity index (χ0n) is 22.0. The topological polar surface area (TPSA) is 52.7 Å². The van der Waals surface area contributed by atoms with Gasteiger partial charge in [0.15, 0.2) is 5.78 Å². The van der Waals surface area contributed by atoms with Crippen LogP contribution in [0.25, 0.3) is 44.8 Å². The van der Waals surface area contributed by atoms with Gasteiger partial charge in [0, 0.05) is 33.6 Å². The van der Waals surface area contributed by atoms with Crippen LogP contribution in [0.1, 0.15) is 0 Å². The summed E-state index contributed by atoms with van der Waals surface area (Å²) in [5.74, 6) is -0.108. The molecule has 0 fully saturated rings. The minimum Gasteiger partial charge on any atom is -0.314 e. The van der Waals surface area contributed by atoms with E-state index >= 15 is 0 Å². The van der Waals surface area contributed by atoms with Gasteiger partial charge >= 0.3 is 0 Å². The summed E-state index contributed by atoms with van der Waals surface area (Å²) in [5, 5.41) is 1.77. The monoisotopic (exact) mass is 630 g/mol. The third kappa shape index (κ3) is 6.01. The summed E-state index contributed by atoms with van der Waals surface area (Å²) in [6.07, 6.45) is 3.58. The van der Waals surface area contributed by atoms with E-state index in [1.165, 1.54) is 0 Å². The molecule has 9 heteroatoms. The molecule has 2 aromatic heterocycles. The smallest absolute Gasteiger partial charge is 0.203 e. The van der Waals surface area contributed by atoms with Gasteiger partial charge in [-0.05, 0) is 69.7 Å². The molecule has 0 saturated heterocycles. The van der Waals surface area contributed by atoms with Gasteiger partial charge in [-0.2, -0.15) is 0 Å². The highest BCUT2D eigenvalue weighted by Gasteiger charge is 2.17. The summed E-state index contributed by atoms with van der Waals surface area (Å²) in [5.41, 5.74) is 7.10. The molecule has 5 nitrogen and oxygen atoms in total. The van der Waals surface area contributed by atoms with Crippen LogP contribution in [0.15, 0.2) is 109 Å². The Bertz CT molecular complexity index is 1760. The SMILES string of the molecule is O=C(Cn1cc(-c2ccccc2-c2ccc(Cl)cc2)nc1Cl)Cn1cc(-c2ccccc2-c2ccc(Cl)cc2)nc1Cl. The molecule has 0 aliphatic rings. The van der Waals surface area contributed by atoms with Crippen LogP contribution in [-0.2, 0) is 17.9 Å². The Labute approximate surface area is 262 Å². The first-order valence-electron chi connectivity index (χ1n) is 13.0. The van der Waals surface area contributed by atoms with Crippen LogP contribution in [0.5, 0.6) is 0 Å². The number of carbonyl (C=O) groups is 1. The van der Waals surface area contributed by atoms with E-state index in [1.807, 2.05) is 97.1 Å². The average molecular weight is 632 g/mol. The molecule has 0 spiro atoms. The number of Topliss-reactive ketones (excluding diaryl/α,β-unsaturated/α-hetero) is 1. The molecule has 0 N–H and O–H groups in total. The number of aromatic nitrogens is 4. The zero-order valence-corrected chi connectivity index (χ0v) is 25.0. The summed E-state index contributed by atoms with van der Waals surface area (Å²) in [4.78, 5) is 22.3. The van der Waals surface area contributed by atoms with Gasteiger partial charge in [-0.15, -0.1) is 0 Å². The first-order chi connectivity index (χ1) is 20.4. The second-order valence-electron chi connectivity index (χ2n) is 9.69. The molecule has 0 unspecified atom stereocenters. The van der Waals surface area contributed by atoms with Gasteiger partial charge in [-0.1, -0.05) is 96.0 Å². The molecular weight excluding hydrogens is 610 g/mol. The molecule has 4 aromatic carbocycles. The Hall–Kier alpha value is -3.87. The highest BCUT2D eigenvalue weighted by Crippen LogP contribution is 2.34. The predicted octanol–water partition coefficient (Wildman–Crippen LogP) is 9.63. The van der Waals surface area contributed by atoms with Crippen LogP contribution < -0.4 is 0 Å². The van der Waals surface area contributed by atoms with E-state index in [0.717, 1.165) is 33.4 Å². The molecule has 6 aromatic rings. The maximum Gasteiger partial charge on any atom is 0.203 e. The fraction of sp³-hybridized carbons (Fsp3) is 0.0606. The van der Waals surface area contributed by atoms with Crippen LogP contribution in [0.4, 0.5) is 0 Å². The Morgan fingerprint density at radius 1 is 0.524 bits per heavy atom. The molecule has 0 bridgehead atoms. The highest BCUT2D eigenvalue weighted by atomic mass is 35.5. The second kappa shape index (κ2) is 12.2. The van der Waals surface area contributed by atoms with E-state index in [9.17, 15) is 4.79 Å². The molecular formula is C33H22Cl4N4O. The average Bonchev–Trinajstić information content (AvgIpc) is 3.55. The third-order valence-corrected chi connectivity index (χ3v) is 7.97. The summed E-state index contributed by atoms with van der Waals surface area (Å²) in [6.45, 7) is 0.0559. The van der Waals surface area contributed by atoms with Crippen molar-refractivity contribution in [1.29, 1.82) is 0 Å². The van der Waals surface area contributed by atoms with Crippen LogP contribution in [0, 0.1) is 0 Å². The third-order valence-electron chi connectivity index (χ3n) is 6.87. The standard InChI is InChI=1S/C33H22Cl4N4O/c34-23-13-9-21(10-14-23)26-5-1-3-7-28(26)30-19-40(32(36)38-30)17-25(42)18-41-20-31(39-33(41)37)29-8-4-2-6-27(29)22-11-15-24(35)16-12-22/h1-16,19-20H,17-18H2. The van der Waals surface area contributed by atoms with Crippen molar-refractivity contribution in [3.05, 3.63) is 130 Å². The fourth-order valence-corrected chi connectivity index (χ4v) is 5.52. The van der Waals surface area contributed by atoms with Crippen molar-refractivity contribution < 1.29 is 4.79 Å². The number of ketones is 1. The molecule has 208 valence electrons. The Kier molecular flexibility index (Phi) is 8.18. The molecule has 42 heavy (non-hydrogen) atoms. The van der Waals surface area contributed by atoms with Crippen LogP contribution in [-0.4, -0.2) is 24.9 Å². The highest BCUT2D eigenvalue weighted by molar-refractivity contribution is 6.31. The molecule has 6 rings (SSSR count). The van der Waals surface area contributed by atoms with E-state index in [-0.39, 0.29) is 29.4 Å². The van der Waals surface area contributed by atoms with Crippen LogP contribution in [0.3, 0.4) is 0 Å². The first kappa shape index (κ1) is 28.3. The summed E-state index contributed by atoms with van der Waals surface area (Å²) in [6, 6.07) is 31.0. The quantitative estimate of drug-likeness (QED) is 0.168. The molecule has 0 radical (unpaired) electrons. The number of halogens is 4. The van der Waals surface area contributed by atoms with Crippen molar-refractivity contribution in [2.45, 2.75) is 13.1 Å². The Balaban J connectivity index is 1.22. The maximum absolute atomic E-state index is 13.2. The number of carbonyl (C=O) groups excluding carboxylic acids is 1.